The Morgan fingerprint density at radius 3 is 2.86 bits per heavy atom. The third-order valence-corrected chi connectivity index (χ3v) is 2.77. The van der Waals surface area contributed by atoms with Gasteiger partial charge in [0, 0.05) is 37.2 Å². The Labute approximate surface area is 141 Å². The quantitative estimate of drug-likeness (QED) is 0.457. The molecule has 0 aliphatic rings. The summed E-state index contributed by atoms with van der Waals surface area (Å²) in [5, 5.41) is 7.18. The Kier molecular flexibility index (Phi) is 7.17. The van der Waals surface area contributed by atoms with Crippen molar-refractivity contribution >= 4 is 35.6 Å². The lowest BCUT2D eigenvalue weighted by molar-refractivity contribution is 0.185. The van der Waals surface area contributed by atoms with Gasteiger partial charge in [-0.05, 0) is 6.07 Å². The SMILES string of the molecule is COCc1ccccc1NC(N)=NCc1cnn(C)c1.I. The number of benzene rings is 1. The molecule has 114 valence electrons. The summed E-state index contributed by atoms with van der Waals surface area (Å²) in [6.07, 6.45) is 3.69. The predicted molar refractivity (Wildman–Crippen MR) is 94.7 cm³/mol. The van der Waals surface area contributed by atoms with Gasteiger partial charge in [0.1, 0.15) is 0 Å². The van der Waals surface area contributed by atoms with Crippen LogP contribution in [-0.2, 0) is 24.9 Å². The van der Waals surface area contributed by atoms with Crippen LogP contribution in [0.15, 0.2) is 41.7 Å². The lowest BCUT2D eigenvalue weighted by atomic mass is 10.2. The van der Waals surface area contributed by atoms with Gasteiger partial charge in [-0.25, -0.2) is 4.99 Å². The van der Waals surface area contributed by atoms with E-state index >= 15 is 0 Å². The topological polar surface area (TPSA) is 77.5 Å². The monoisotopic (exact) mass is 401 g/mol. The molecule has 0 aliphatic heterocycles. The van der Waals surface area contributed by atoms with Crippen LogP contribution in [0.4, 0.5) is 5.69 Å². The second kappa shape index (κ2) is 8.63. The van der Waals surface area contributed by atoms with Crippen LogP contribution >= 0.6 is 24.0 Å². The fraction of sp³-hybridized carbons (Fsp3) is 0.286. The van der Waals surface area contributed by atoms with Gasteiger partial charge < -0.3 is 15.8 Å². The Hall–Kier alpha value is -1.61. The molecule has 0 spiro atoms. The van der Waals surface area contributed by atoms with E-state index in [1.807, 2.05) is 37.5 Å². The van der Waals surface area contributed by atoms with Crippen molar-refractivity contribution in [2.45, 2.75) is 13.2 Å². The van der Waals surface area contributed by atoms with Crippen molar-refractivity contribution in [2.24, 2.45) is 17.8 Å². The Morgan fingerprint density at radius 2 is 2.19 bits per heavy atom. The summed E-state index contributed by atoms with van der Waals surface area (Å²) < 4.78 is 6.89. The first-order chi connectivity index (χ1) is 9.69. The third kappa shape index (κ3) is 5.35. The number of aromatic nitrogens is 2. The summed E-state index contributed by atoms with van der Waals surface area (Å²) in [7, 11) is 3.53. The number of nitrogens with two attached hydrogens (primary N) is 1. The van der Waals surface area contributed by atoms with Crippen LogP contribution in [-0.4, -0.2) is 22.8 Å². The summed E-state index contributed by atoms with van der Waals surface area (Å²) in [6.45, 7) is 1.03. The van der Waals surface area contributed by atoms with Crippen LogP contribution in [0, 0.1) is 0 Å². The second-order valence-electron chi connectivity index (χ2n) is 4.44. The highest BCUT2D eigenvalue weighted by molar-refractivity contribution is 14.0. The molecule has 0 aliphatic carbocycles. The van der Waals surface area contributed by atoms with Crippen LogP contribution in [0.1, 0.15) is 11.1 Å². The number of rotatable bonds is 5. The fourth-order valence-electron chi connectivity index (χ4n) is 1.83. The minimum absolute atomic E-state index is 0. The molecule has 0 amide bonds. The van der Waals surface area contributed by atoms with Crippen molar-refractivity contribution in [2.75, 3.05) is 12.4 Å². The van der Waals surface area contributed by atoms with E-state index in [0.29, 0.717) is 19.1 Å². The van der Waals surface area contributed by atoms with Crippen molar-refractivity contribution in [3.63, 3.8) is 0 Å². The molecule has 2 aromatic rings. The van der Waals surface area contributed by atoms with Crippen molar-refractivity contribution in [1.29, 1.82) is 0 Å². The normalized spacial score (nSPS) is 11.0. The van der Waals surface area contributed by atoms with Crippen molar-refractivity contribution in [3.8, 4) is 0 Å². The number of nitrogens with zero attached hydrogens (tertiary/aromatic N) is 3. The van der Waals surface area contributed by atoms with E-state index in [1.54, 1.807) is 18.0 Å². The Morgan fingerprint density at radius 1 is 1.43 bits per heavy atom. The predicted octanol–water partition coefficient (Wildman–Crippen LogP) is 2.11. The molecule has 0 radical (unpaired) electrons. The standard InChI is InChI=1S/C14H19N5O.HI/c1-19-9-11(8-17-19)7-16-14(15)18-13-6-4-3-5-12(13)10-20-2;/h3-6,8-9H,7,10H2,1-2H3,(H3,15,16,18);1H. The zero-order valence-electron chi connectivity index (χ0n) is 12.1. The van der Waals surface area contributed by atoms with E-state index in [4.69, 9.17) is 10.5 Å². The van der Waals surface area contributed by atoms with E-state index in [2.05, 4.69) is 15.4 Å². The molecule has 3 N–H and O–H groups in total. The van der Waals surface area contributed by atoms with Gasteiger partial charge in [-0.2, -0.15) is 5.10 Å². The van der Waals surface area contributed by atoms with Crippen LogP contribution < -0.4 is 11.1 Å². The zero-order chi connectivity index (χ0) is 14.4. The highest BCUT2D eigenvalue weighted by Gasteiger charge is 2.02. The number of aryl methyl sites for hydroxylation is 1. The first-order valence-corrected chi connectivity index (χ1v) is 6.30. The smallest absolute Gasteiger partial charge is 0.193 e. The van der Waals surface area contributed by atoms with Crippen molar-refractivity contribution in [1.82, 2.24) is 9.78 Å². The summed E-state index contributed by atoms with van der Waals surface area (Å²) in [4.78, 5) is 4.29. The van der Waals surface area contributed by atoms with Gasteiger partial charge in [0.2, 0.25) is 0 Å². The molecule has 1 aromatic heterocycles. The molecule has 1 heterocycles. The summed E-state index contributed by atoms with van der Waals surface area (Å²) >= 11 is 0. The maximum absolute atomic E-state index is 5.90. The number of halogens is 1. The van der Waals surface area contributed by atoms with Gasteiger partial charge >= 0.3 is 0 Å². The summed E-state index contributed by atoms with van der Waals surface area (Å²) in [5.74, 6) is 0.373. The number of methoxy groups -OCH3 is 1. The molecule has 21 heavy (non-hydrogen) atoms. The lowest BCUT2D eigenvalue weighted by Crippen LogP contribution is -2.23. The number of para-hydroxylation sites is 1. The number of hydrogen-bond donors (Lipinski definition) is 2. The molecule has 0 fully saturated rings. The third-order valence-electron chi connectivity index (χ3n) is 2.77. The zero-order valence-corrected chi connectivity index (χ0v) is 14.4. The number of anilines is 1. The van der Waals surface area contributed by atoms with Crippen molar-refractivity contribution < 1.29 is 4.74 Å². The number of nitrogens with one attached hydrogen (secondary N) is 1. The van der Waals surface area contributed by atoms with Gasteiger partial charge in [-0.15, -0.1) is 24.0 Å². The van der Waals surface area contributed by atoms with E-state index < -0.39 is 0 Å². The van der Waals surface area contributed by atoms with Gasteiger partial charge in [0.15, 0.2) is 5.96 Å². The van der Waals surface area contributed by atoms with Gasteiger partial charge in [-0.1, -0.05) is 18.2 Å². The Bertz CT molecular complexity index is 597. The molecular formula is C14H20IN5O. The minimum Gasteiger partial charge on any atom is -0.380 e. The average molecular weight is 401 g/mol. The van der Waals surface area contributed by atoms with E-state index in [-0.39, 0.29) is 24.0 Å². The molecule has 0 saturated carbocycles. The molecule has 0 atom stereocenters. The first-order valence-electron chi connectivity index (χ1n) is 6.30. The van der Waals surface area contributed by atoms with Gasteiger partial charge in [0.25, 0.3) is 0 Å². The summed E-state index contributed by atoms with van der Waals surface area (Å²) in [5.41, 5.74) is 8.85. The highest BCUT2D eigenvalue weighted by atomic mass is 127. The molecule has 7 heteroatoms. The molecule has 6 nitrogen and oxygen atoms in total. The van der Waals surface area contributed by atoms with Crippen LogP contribution in [0.2, 0.25) is 0 Å². The van der Waals surface area contributed by atoms with Crippen LogP contribution in [0.5, 0.6) is 0 Å². The highest BCUT2D eigenvalue weighted by Crippen LogP contribution is 2.15. The molecule has 2 rings (SSSR count). The molecule has 0 bridgehead atoms. The minimum atomic E-state index is 0. The maximum Gasteiger partial charge on any atom is 0.193 e. The number of hydrogen-bond acceptors (Lipinski definition) is 3. The molecular weight excluding hydrogens is 381 g/mol. The largest absolute Gasteiger partial charge is 0.380 e. The fourth-order valence-corrected chi connectivity index (χ4v) is 1.83. The van der Waals surface area contributed by atoms with Crippen LogP contribution in [0.25, 0.3) is 0 Å². The summed E-state index contributed by atoms with van der Waals surface area (Å²) in [6, 6.07) is 7.83. The first kappa shape index (κ1) is 17.4. The molecule has 0 saturated heterocycles. The number of aliphatic imine (C=N–C) groups is 1. The van der Waals surface area contributed by atoms with Crippen molar-refractivity contribution in [3.05, 3.63) is 47.8 Å². The molecule has 0 unspecified atom stereocenters. The lowest BCUT2D eigenvalue weighted by Gasteiger charge is -2.10. The maximum atomic E-state index is 5.90. The number of ether oxygens (including phenoxy) is 1. The Balaban J connectivity index is 0.00000220. The average Bonchev–Trinajstić information content (AvgIpc) is 2.85. The molecule has 1 aromatic carbocycles. The second-order valence-corrected chi connectivity index (χ2v) is 4.44. The van der Waals surface area contributed by atoms with E-state index in [1.165, 1.54) is 0 Å². The van der Waals surface area contributed by atoms with Gasteiger partial charge in [-0.3, -0.25) is 4.68 Å². The van der Waals surface area contributed by atoms with E-state index in [9.17, 15) is 0 Å². The van der Waals surface area contributed by atoms with Gasteiger partial charge in [0.05, 0.1) is 19.3 Å². The number of guanidine groups is 1. The van der Waals surface area contributed by atoms with Crippen LogP contribution in [0.3, 0.4) is 0 Å². The van der Waals surface area contributed by atoms with E-state index in [0.717, 1.165) is 16.8 Å².